The zero-order chi connectivity index (χ0) is 11.3. The van der Waals surface area contributed by atoms with Crippen molar-refractivity contribution in [2.45, 2.75) is 31.8 Å². The molecule has 5 nitrogen and oxygen atoms in total. The van der Waals surface area contributed by atoms with E-state index >= 15 is 0 Å². The van der Waals surface area contributed by atoms with E-state index in [0.717, 1.165) is 12.8 Å². The van der Waals surface area contributed by atoms with Crippen LogP contribution < -0.4 is 10.6 Å². The molecule has 1 unspecified atom stereocenters. The number of hydrogen-bond donors (Lipinski definition) is 2. The molecule has 84 valence electrons. The van der Waals surface area contributed by atoms with Crippen LogP contribution in [0.5, 0.6) is 0 Å². The summed E-state index contributed by atoms with van der Waals surface area (Å²) in [4.78, 5) is 22.1. The minimum Gasteiger partial charge on any atom is -0.466 e. The van der Waals surface area contributed by atoms with Crippen LogP contribution in [0.25, 0.3) is 0 Å². The number of nitrogens with one attached hydrogen (secondary N) is 2. The molecule has 0 radical (unpaired) electrons. The number of carbonyl (C=O) groups is 2. The van der Waals surface area contributed by atoms with E-state index in [1.165, 1.54) is 19.4 Å². The van der Waals surface area contributed by atoms with Crippen molar-refractivity contribution in [2.24, 2.45) is 0 Å². The van der Waals surface area contributed by atoms with Gasteiger partial charge in [0.1, 0.15) is 6.04 Å². The summed E-state index contributed by atoms with van der Waals surface area (Å²) in [6, 6.07) is 0.0119. The Morgan fingerprint density at radius 3 is 2.67 bits per heavy atom. The predicted molar refractivity (Wildman–Crippen MR) is 54.9 cm³/mol. The van der Waals surface area contributed by atoms with E-state index in [-0.39, 0.29) is 11.9 Å². The Hall–Kier alpha value is -1.52. The Labute approximate surface area is 88.9 Å². The molecule has 0 heterocycles. The highest BCUT2D eigenvalue weighted by molar-refractivity contribution is 5.83. The highest BCUT2D eigenvalue weighted by atomic mass is 16.5. The van der Waals surface area contributed by atoms with Crippen LogP contribution in [0.1, 0.15) is 19.8 Å². The first-order valence-electron chi connectivity index (χ1n) is 4.94. The van der Waals surface area contributed by atoms with Gasteiger partial charge in [-0.05, 0) is 19.8 Å². The van der Waals surface area contributed by atoms with Crippen molar-refractivity contribution >= 4 is 11.9 Å². The monoisotopic (exact) mass is 212 g/mol. The van der Waals surface area contributed by atoms with Gasteiger partial charge < -0.3 is 15.4 Å². The highest BCUT2D eigenvalue weighted by Crippen LogP contribution is 2.18. The first-order valence-corrected chi connectivity index (χ1v) is 4.94. The van der Waals surface area contributed by atoms with Crippen LogP contribution >= 0.6 is 0 Å². The predicted octanol–water partition coefficient (Wildman–Crippen LogP) is -0.0702. The van der Waals surface area contributed by atoms with Crippen molar-refractivity contribution in [1.29, 1.82) is 0 Å². The molecular formula is C10H16N2O3. The van der Waals surface area contributed by atoms with Gasteiger partial charge in [-0.25, -0.2) is 4.79 Å². The molecule has 0 aromatic rings. The maximum absolute atomic E-state index is 11.4. The van der Waals surface area contributed by atoms with Crippen LogP contribution in [0.3, 0.4) is 0 Å². The number of rotatable bonds is 5. The molecule has 0 saturated heterocycles. The van der Waals surface area contributed by atoms with Crippen LogP contribution in [0, 0.1) is 0 Å². The average molecular weight is 212 g/mol. The summed E-state index contributed by atoms with van der Waals surface area (Å²) in [5.74, 6) is -0.496. The molecule has 1 rings (SSSR count). The van der Waals surface area contributed by atoms with Gasteiger partial charge in [-0.15, -0.1) is 0 Å². The van der Waals surface area contributed by atoms with Gasteiger partial charge in [0.2, 0.25) is 5.91 Å². The Kier molecular flexibility index (Phi) is 4.15. The van der Waals surface area contributed by atoms with Gasteiger partial charge in [0.15, 0.2) is 0 Å². The molecule has 0 aromatic heterocycles. The third-order valence-corrected chi connectivity index (χ3v) is 2.08. The lowest BCUT2D eigenvalue weighted by atomic mass is 10.3. The average Bonchev–Trinajstić information content (AvgIpc) is 3.01. The molecule has 1 aliphatic rings. The molecule has 5 heteroatoms. The summed E-state index contributed by atoms with van der Waals surface area (Å²) in [7, 11) is 1.30. The SMILES string of the molecule is COC(=O)/C=C/NC(C)C(=O)NC1CC1. The molecule has 1 fully saturated rings. The zero-order valence-electron chi connectivity index (χ0n) is 8.95. The Bertz CT molecular complexity index is 272. The minimum atomic E-state index is -0.447. The molecule has 1 saturated carbocycles. The molecule has 1 atom stereocenters. The molecule has 0 aromatic carbocycles. The number of ether oxygens (including phenoxy) is 1. The lowest BCUT2D eigenvalue weighted by Gasteiger charge is -2.11. The van der Waals surface area contributed by atoms with Gasteiger partial charge in [-0.3, -0.25) is 4.79 Å². The summed E-state index contributed by atoms with van der Waals surface area (Å²) < 4.78 is 4.40. The van der Waals surface area contributed by atoms with E-state index in [1.54, 1.807) is 6.92 Å². The van der Waals surface area contributed by atoms with Gasteiger partial charge in [-0.2, -0.15) is 0 Å². The Morgan fingerprint density at radius 2 is 2.13 bits per heavy atom. The summed E-state index contributed by atoms with van der Waals surface area (Å²) in [5.41, 5.74) is 0. The fourth-order valence-electron chi connectivity index (χ4n) is 0.958. The highest BCUT2D eigenvalue weighted by Gasteiger charge is 2.24. The van der Waals surface area contributed by atoms with E-state index < -0.39 is 5.97 Å². The molecule has 1 amide bonds. The minimum absolute atomic E-state index is 0.0491. The molecule has 15 heavy (non-hydrogen) atoms. The van der Waals surface area contributed by atoms with E-state index in [0.29, 0.717) is 6.04 Å². The standard InChI is InChI=1S/C10H16N2O3/c1-7(10(14)12-8-3-4-8)11-6-5-9(13)15-2/h5-8,11H,3-4H2,1-2H3,(H,12,14)/b6-5+. The quantitative estimate of drug-likeness (QED) is 0.494. The second-order valence-corrected chi connectivity index (χ2v) is 3.53. The molecule has 1 aliphatic carbocycles. The van der Waals surface area contributed by atoms with Crippen molar-refractivity contribution in [1.82, 2.24) is 10.6 Å². The summed E-state index contributed by atoms with van der Waals surface area (Å²) in [6.45, 7) is 1.74. The molecular weight excluding hydrogens is 196 g/mol. The van der Waals surface area contributed by atoms with Crippen LogP contribution in [-0.4, -0.2) is 31.1 Å². The van der Waals surface area contributed by atoms with Crippen LogP contribution in [0.2, 0.25) is 0 Å². The van der Waals surface area contributed by atoms with E-state index in [2.05, 4.69) is 15.4 Å². The van der Waals surface area contributed by atoms with E-state index in [1.807, 2.05) is 0 Å². The topological polar surface area (TPSA) is 67.4 Å². The normalized spacial score (nSPS) is 17.2. The van der Waals surface area contributed by atoms with Crippen molar-refractivity contribution in [3.05, 3.63) is 12.3 Å². The van der Waals surface area contributed by atoms with Gasteiger partial charge in [0, 0.05) is 18.3 Å². The molecule has 2 N–H and O–H groups in total. The fourth-order valence-corrected chi connectivity index (χ4v) is 0.958. The van der Waals surface area contributed by atoms with Crippen molar-refractivity contribution in [3.8, 4) is 0 Å². The molecule has 0 spiro atoms. The van der Waals surface area contributed by atoms with Crippen LogP contribution in [0.15, 0.2) is 12.3 Å². The van der Waals surface area contributed by atoms with Crippen molar-refractivity contribution < 1.29 is 14.3 Å². The Balaban J connectivity index is 2.21. The molecule has 0 aliphatic heterocycles. The lowest BCUT2D eigenvalue weighted by molar-refractivity contribution is -0.135. The van der Waals surface area contributed by atoms with Gasteiger partial charge >= 0.3 is 5.97 Å². The number of methoxy groups -OCH3 is 1. The van der Waals surface area contributed by atoms with Gasteiger partial charge in [0.05, 0.1) is 7.11 Å². The maximum Gasteiger partial charge on any atom is 0.331 e. The van der Waals surface area contributed by atoms with Crippen LogP contribution in [0.4, 0.5) is 0 Å². The van der Waals surface area contributed by atoms with E-state index in [9.17, 15) is 9.59 Å². The fraction of sp³-hybridized carbons (Fsp3) is 0.600. The number of carbonyl (C=O) groups excluding carboxylic acids is 2. The second-order valence-electron chi connectivity index (χ2n) is 3.53. The van der Waals surface area contributed by atoms with Gasteiger partial charge in [0.25, 0.3) is 0 Å². The zero-order valence-corrected chi connectivity index (χ0v) is 8.95. The van der Waals surface area contributed by atoms with Crippen molar-refractivity contribution in [3.63, 3.8) is 0 Å². The number of esters is 1. The largest absolute Gasteiger partial charge is 0.466 e. The maximum atomic E-state index is 11.4. The summed E-state index contributed by atoms with van der Waals surface area (Å²) >= 11 is 0. The van der Waals surface area contributed by atoms with E-state index in [4.69, 9.17) is 0 Å². The first kappa shape index (κ1) is 11.6. The number of amides is 1. The molecule has 0 bridgehead atoms. The van der Waals surface area contributed by atoms with Crippen LogP contribution in [-0.2, 0) is 14.3 Å². The van der Waals surface area contributed by atoms with Gasteiger partial charge in [-0.1, -0.05) is 0 Å². The smallest absolute Gasteiger partial charge is 0.331 e. The first-order chi connectivity index (χ1) is 7.13. The third-order valence-electron chi connectivity index (χ3n) is 2.08. The Morgan fingerprint density at radius 1 is 1.47 bits per heavy atom. The summed E-state index contributed by atoms with van der Waals surface area (Å²) in [5, 5.41) is 5.64. The second kappa shape index (κ2) is 5.38. The third kappa shape index (κ3) is 4.49. The van der Waals surface area contributed by atoms with Crippen molar-refractivity contribution in [2.75, 3.05) is 7.11 Å². The lowest BCUT2D eigenvalue weighted by Crippen LogP contribution is -2.41. The summed E-state index contributed by atoms with van der Waals surface area (Å²) in [6.07, 6.45) is 4.79. The number of hydrogen-bond acceptors (Lipinski definition) is 4.